The quantitative estimate of drug-likeness (QED) is 0.579. The number of nitro benzene ring substituents is 1. The van der Waals surface area contributed by atoms with Crippen molar-refractivity contribution in [1.29, 1.82) is 0 Å². The highest BCUT2D eigenvalue weighted by atomic mass is 19.4. The molecule has 3 rings (SSSR count). The van der Waals surface area contributed by atoms with Crippen molar-refractivity contribution in [2.75, 3.05) is 25.1 Å². The summed E-state index contributed by atoms with van der Waals surface area (Å²) in [4.78, 5) is 16.1. The van der Waals surface area contributed by atoms with Crippen LogP contribution in [-0.2, 0) is 6.18 Å². The highest BCUT2D eigenvalue weighted by molar-refractivity contribution is 5.59. The van der Waals surface area contributed by atoms with Crippen molar-refractivity contribution in [2.24, 2.45) is 0 Å². The largest absolute Gasteiger partial charge is 0.490 e. The smallest absolute Gasteiger partial charge is 0.417 e. The summed E-state index contributed by atoms with van der Waals surface area (Å²) in [6.45, 7) is 1.11. The third kappa shape index (κ3) is 4.21. The highest BCUT2D eigenvalue weighted by Gasteiger charge is 2.31. The van der Waals surface area contributed by atoms with Crippen molar-refractivity contribution >= 4 is 11.4 Å². The zero-order valence-corrected chi connectivity index (χ0v) is 14.3. The van der Waals surface area contributed by atoms with Gasteiger partial charge in [0, 0.05) is 43.0 Å². The zero-order valence-electron chi connectivity index (χ0n) is 14.3. The number of methoxy groups -OCH3 is 1. The third-order valence-corrected chi connectivity index (χ3v) is 4.22. The summed E-state index contributed by atoms with van der Waals surface area (Å²) in [5, 5.41) is 11.0. The monoisotopic (exact) mass is 383 g/mol. The minimum absolute atomic E-state index is 0.121. The average molecular weight is 383 g/mol. The predicted octanol–water partition coefficient (Wildman–Crippen LogP) is 3.67. The Labute approximate surface area is 152 Å². The standard InChI is InChI=1S/C17H16F3N3O4/c1-26-15-8-12(3-4-14(15)23(24)25)22-7-6-13(10-22)27-16-5-2-11(9-21-16)17(18,19)20/h2-5,8-9,13H,6-7,10H2,1H3. The SMILES string of the molecule is COc1cc(N2CCC(Oc3ccc(C(F)(F)F)cn3)C2)ccc1[N+](=O)[O-]. The average Bonchev–Trinajstić information content (AvgIpc) is 3.09. The Hall–Kier alpha value is -3.04. The number of alkyl halides is 3. The van der Waals surface area contributed by atoms with E-state index in [1.54, 1.807) is 12.1 Å². The number of rotatable bonds is 5. The van der Waals surface area contributed by atoms with E-state index in [0.29, 0.717) is 19.5 Å². The molecule has 7 nitrogen and oxygen atoms in total. The molecule has 1 fully saturated rings. The second-order valence-corrected chi connectivity index (χ2v) is 5.97. The van der Waals surface area contributed by atoms with E-state index in [4.69, 9.17) is 9.47 Å². The van der Waals surface area contributed by atoms with Crippen LogP contribution < -0.4 is 14.4 Å². The minimum atomic E-state index is -4.44. The van der Waals surface area contributed by atoms with Gasteiger partial charge in [0.15, 0.2) is 5.75 Å². The van der Waals surface area contributed by atoms with E-state index in [9.17, 15) is 23.3 Å². The van der Waals surface area contributed by atoms with Gasteiger partial charge >= 0.3 is 11.9 Å². The van der Waals surface area contributed by atoms with Crippen LogP contribution in [0.2, 0.25) is 0 Å². The molecule has 0 saturated carbocycles. The summed E-state index contributed by atoms with van der Waals surface area (Å²) in [6.07, 6.45) is -3.31. The number of hydrogen-bond donors (Lipinski definition) is 0. The van der Waals surface area contributed by atoms with Gasteiger partial charge in [0.2, 0.25) is 5.88 Å². The van der Waals surface area contributed by atoms with Crippen molar-refractivity contribution in [3.8, 4) is 11.6 Å². The van der Waals surface area contributed by atoms with Crippen LogP contribution >= 0.6 is 0 Å². The molecule has 0 spiro atoms. The first-order chi connectivity index (χ1) is 12.8. The molecule has 27 heavy (non-hydrogen) atoms. The number of ether oxygens (including phenoxy) is 2. The molecule has 2 heterocycles. The molecule has 1 saturated heterocycles. The van der Waals surface area contributed by atoms with E-state index in [0.717, 1.165) is 18.0 Å². The highest BCUT2D eigenvalue weighted by Crippen LogP contribution is 2.33. The number of pyridine rings is 1. The van der Waals surface area contributed by atoms with Crippen LogP contribution in [0.15, 0.2) is 36.5 Å². The van der Waals surface area contributed by atoms with Gasteiger partial charge in [-0.05, 0) is 12.1 Å². The molecule has 1 aromatic carbocycles. The lowest BCUT2D eigenvalue weighted by atomic mass is 10.2. The van der Waals surface area contributed by atoms with Crippen LogP contribution in [0.5, 0.6) is 11.6 Å². The summed E-state index contributed by atoms with van der Waals surface area (Å²) >= 11 is 0. The van der Waals surface area contributed by atoms with E-state index in [1.165, 1.54) is 19.2 Å². The molecule has 0 bridgehead atoms. The van der Waals surface area contributed by atoms with Gasteiger partial charge in [-0.3, -0.25) is 10.1 Å². The molecule has 0 radical (unpaired) electrons. The predicted molar refractivity (Wildman–Crippen MR) is 90.1 cm³/mol. The van der Waals surface area contributed by atoms with Gasteiger partial charge in [-0.1, -0.05) is 0 Å². The van der Waals surface area contributed by atoms with Crippen LogP contribution in [0, 0.1) is 10.1 Å². The van der Waals surface area contributed by atoms with Gasteiger partial charge in [-0.25, -0.2) is 4.98 Å². The summed E-state index contributed by atoms with van der Waals surface area (Å²) < 4.78 is 48.4. The minimum Gasteiger partial charge on any atom is -0.490 e. The Kier molecular flexibility index (Phi) is 5.06. The lowest BCUT2D eigenvalue weighted by molar-refractivity contribution is -0.385. The molecule has 0 N–H and O–H groups in total. The van der Waals surface area contributed by atoms with Gasteiger partial charge in [0.1, 0.15) is 6.10 Å². The summed E-state index contributed by atoms with van der Waals surface area (Å²) in [6, 6.07) is 6.70. The molecule has 10 heteroatoms. The van der Waals surface area contributed by atoms with Gasteiger partial charge in [-0.15, -0.1) is 0 Å². The Morgan fingerprint density at radius 2 is 2.07 bits per heavy atom. The number of aromatic nitrogens is 1. The fourth-order valence-corrected chi connectivity index (χ4v) is 2.86. The third-order valence-electron chi connectivity index (χ3n) is 4.22. The first-order valence-electron chi connectivity index (χ1n) is 8.05. The maximum absolute atomic E-state index is 12.6. The molecule has 1 aliphatic rings. The van der Waals surface area contributed by atoms with E-state index in [2.05, 4.69) is 4.98 Å². The Morgan fingerprint density at radius 1 is 1.30 bits per heavy atom. The zero-order chi connectivity index (χ0) is 19.6. The second kappa shape index (κ2) is 7.29. The fraction of sp³-hybridized carbons (Fsp3) is 0.353. The first kappa shape index (κ1) is 18.7. The first-order valence-corrected chi connectivity index (χ1v) is 8.05. The molecule has 144 valence electrons. The Morgan fingerprint density at radius 3 is 2.67 bits per heavy atom. The summed E-state index contributed by atoms with van der Waals surface area (Å²) in [7, 11) is 1.36. The number of nitro groups is 1. The van der Waals surface area contributed by atoms with E-state index in [-0.39, 0.29) is 23.4 Å². The van der Waals surface area contributed by atoms with Crippen molar-refractivity contribution in [3.05, 3.63) is 52.2 Å². The van der Waals surface area contributed by atoms with Crippen LogP contribution in [0.3, 0.4) is 0 Å². The van der Waals surface area contributed by atoms with Gasteiger partial charge in [0.25, 0.3) is 0 Å². The number of benzene rings is 1. The lowest BCUT2D eigenvalue weighted by Crippen LogP contribution is -2.24. The number of hydrogen-bond acceptors (Lipinski definition) is 6. The molecule has 2 aromatic rings. The van der Waals surface area contributed by atoms with Gasteiger partial charge < -0.3 is 14.4 Å². The molecular weight excluding hydrogens is 367 g/mol. The van der Waals surface area contributed by atoms with Crippen LogP contribution in [-0.4, -0.2) is 36.2 Å². The number of anilines is 1. The van der Waals surface area contributed by atoms with Crippen LogP contribution in [0.25, 0.3) is 0 Å². The lowest BCUT2D eigenvalue weighted by Gasteiger charge is -2.19. The fourth-order valence-electron chi connectivity index (χ4n) is 2.86. The maximum Gasteiger partial charge on any atom is 0.417 e. The molecule has 1 aliphatic heterocycles. The topological polar surface area (TPSA) is 77.7 Å². The summed E-state index contributed by atoms with van der Waals surface area (Å²) in [5.41, 5.74) is -0.216. The Balaban J connectivity index is 1.66. The Bertz CT molecular complexity index is 827. The molecule has 0 aliphatic carbocycles. The molecule has 0 amide bonds. The molecule has 1 unspecified atom stereocenters. The van der Waals surface area contributed by atoms with Crippen LogP contribution in [0.4, 0.5) is 24.5 Å². The number of halogens is 3. The molecule has 1 aromatic heterocycles. The van der Waals surface area contributed by atoms with Gasteiger partial charge in [0.05, 0.1) is 24.1 Å². The maximum atomic E-state index is 12.6. The van der Waals surface area contributed by atoms with E-state index < -0.39 is 16.7 Å². The molecular formula is C17H16F3N3O4. The van der Waals surface area contributed by atoms with Crippen LogP contribution in [0.1, 0.15) is 12.0 Å². The normalized spacial score (nSPS) is 17.0. The number of nitrogens with zero attached hydrogens (tertiary/aromatic N) is 3. The second-order valence-electron chi connectivity index (χ2n) is 5.97. The van der Waals surface area contributed by atoms with Crippen molar-refractivity contribution < 1.29 is 27.6 Å². The van der Waals surface area contributed by atoms with Crippen molar-refractivity contribution in [3.63, 3.8) is 0 Å². The van der Waals surface area contributed by atoms with Crippen molar-refractivity contribution in [2.45, 2.75) is 18.7 Å². The summed E-state index contributed by atoms with van der Waals surface area (Å²) in [5.74, 6) is 0.280. The van der Waals surface area contributed by atoms with E-state index in [1.807, 2.05) is 4.90 Å². The van der Waals surface area contributed by atoms with Gasteiger partial charge in [-0.2, -0.15) is 13.2 Å². The van der Waals surface area contributed by atoms with E-state index >= 15 is 0 Å². The van der Waals surface area contributed by atoms with Crippen molar-refractivity contribution in [1.82, 2.24) is 4.98 Å². The molecule has 1 atom stereocenters.